The van der Waals surface area contributed by atoms with Crippen molar-refractivity contribution >= 4 is 6.09 Å². The standard InChI is InChI=1S/C15H18FN3O2/c1-2-21-15(20)19-7-5-18(6-8-19)11-13-4-3-12(10-17)9-14(13)16/h3-4,9H,2,5-8,11H2,1H3. The molecular formula is C15H18FN3O2. The molecule has 0 bridgehead atoms. The summed E-state index contributed by atoms with van der Waals surface area (Å²) in [5, 5.41) is 8.72. The summed E-state index contributed by atoms with van der Waals surface area (Å²) in [7, 11) is 0. The van der Waals surface area contributed by atoms with E-state index < -0.39 is 0 Å². The predicted octanol–water partition coefficient (Wildman–Crippen LogP) is 1.97. The highest BCUT2D eigenvalue weighted by molar-refractivity contribution is 5.67. The van der Waals surface area contributed by atoms with Crippen LogP contribution in [0.4, 0.5) is 9.18 Å². The minimum atomic E-state index is -0.359. The number of nitrogens with zero attached hydrogens (tertiary/aromatic N) is 3. The van der Waals surface area contributed by atoms with Gasteiger partial charge in [0, 0.05) is 38.3 Å². The molecule has 2 rings (SSSR count). The number of hydrogen-bond acceptors (Lipinski definition) is 4. The van der Waals surface area contributed by atoms with Crippen LogP contribution in [0.5, 0.6) is 0 Å². The van der Waals surface area contributed by atoms with Gasteiger partial charge < -0.3 is 9.64 Å². The molecule has 1 aliphatic heterocycles. The van der Waals surface area contributed by atoms with E-state index in [2.05, 4.69) is 4.90 Å². The number of carbonyl (C=O) groups is 1. The molecule has 21 heavy (non-hydrogen) atoms. The lowest BCUT2D eigenvalue weighted by molar-refractivity contribution is 0.0775. The van der Waals surface area contributed by atoms with Gasteiger partial charge >= 0.3 is 6.09 Å². The first kappa shape index (κ1) is 15.3. The van der Waals surface area contributed by atoms with E-state index in [1.165, 1.54) is 6.07 Å². The van der Waals surface area contributed by atoms with Gasteiger partial charge in [0.05, 0.1) is 18.2 Å². The van der Waals surface area contributed by atoms with Crippen molar-refractivity contribution in [2.45, 2.75) is 13.5 Å². The zero-order valence-electron chi connectivity index (χ0n) is 12.0. The maximum Gasteiger partial charge on any atom is 0.409 e. The first-order valence-corrected chi connectivity index (χ1v) is 6.96. The first-order chi connectivity index (χ1) is 10.1. The lowest BCUT2D eigenvalue weighted by Gasteiger charge is -2.34. The minimum absolute atomic E-state index is 0.290. The topological polar surface area (TPSA) is 56.6 Å². The number of nitriles is 1. The van der Waals surface area contributed by atoms with Crippen LogP contribution in [0.3, 0.4) is 0 Å². The Balaban J connectivity index is 1.89. The fraction of sp³-hybridized carbons (Fsp3) is 0.467. The normalized spacial score (nSPS) is 15.6. The van der Waals surface area contributed by atoms with Gasteiger partial charge in [0.25, 0.3) is 0 Å². The average molecular weight is 291 g/mol. The first-order valence-electron chi connectivity index (χ1n) is 6.96. The third-order valence-electron chi connectivity index (χ3n) is 3.47. The molecule has 5 nitrogen and oxygen atoms in total. The van der Waals surface area contributed by atoms with Gasteiger partial charge in [-0.3, -0.25) is 4.90 Å². The Morgan fingerprint density at radius 3 is 2.67 bits per heavy atom. The van der Waals surface area contributed by atoms with Crippen LogP contribution in [-0.2, 0) is 11.3 Å². The van der Waals surface area contributed by atoms with Crippen LogP contribution in [0, 0.1) is 17.1 Å². The molecular weight excluding hydrogens is 273 g/mol. The molecule has 1 saturated heterocycles. The van der Waals surface area contributed by atoms with Gasteiger partial charge in [-0.05, 0) is 19.1 Å². The number of halogens is 1. The maximum absolute atomic E-state index is 13.8. The molecule has 1 fully saturated rings. The van der Waals surface area contributed by atoms with Crippen LogP contribution in [0.15, 0.2) is 18.2 Å². The largest absolute Gasteiger partial charge is 0.450 e. The second-order valence-corrected chi connectivity index (χ2v) is 4.88. The second kappa shape index (κ2) is 7.04. The zero-order chi connectivity index (χ0) is 15.2. The molecule has 0 spiro atoms. The summed E-state index contributed by atoms with van der Waals surface area (Å²) < 4.78 is 18.8. The van der Waals surface area contributed by atoms with Crippen LogP contribution in [0.1, 0.15) is 18.1 Å². The highest BCUT2D eigenvalue weighted by Crippen LogP contribution is 2.14. The molecule has 0 N–H and O–H groups in total. The SMILES string of the molecule is CCOC(=O)N1CCN(Cc2ccc(C#N)cc2F)CC1. The van der Waals surface area contributed by atoms with Crippen molar-refractivity contribution in [3.8, 4) is 6.07 Å². The molecule has 112 valence electrons. The van der Waals surface area contributed by atoms with E-state index in [9.17, 15) is 9.18 Å². The fourth-order valence-corrected chi connectivity index (χ4v) is 2.29. The Morgan fingerprint density at radius 2 is 2.10 bits per heavy atom. The quantitative estimate of drug-likeness (QED) is 0.854. The number of rotatable bonds is 3. The third kappa shape index (κ3) is 3.92. The number of benzene rings is 1. The summed E-state index contributed by atoms with van der Waals surface area (Å²) in [6, 6.07) is 6.43. The highest BCUT2D eigenvalue weighted by atomic mass is 19.1. The van der Waals surface area contributed by atoms with E-state index in [4.69, 9.17) is 10.00 Å². The summed E-state index contributed by atoms with van der Waals surface area (Å²) in [5.41, 5.74) is 0.891. The Morgan fingerprint density at radius 1 is 1.38 bits per heavy atom. The lowest BCUT2D eigenvalue weighted by atomic mass is 10.1. The van der Waals surface area contributed by atoms with Crippen molar-refractivity contribution in [1.82, 2.24) is 9.80 Å². The predicted molar refractivity (Wildman–Crippen MR) is 75.0 cm³/mol. The van der Waals surface area contributed by atoms with Gasteiger partial charge in [-0.15, -0.1) is 0 Å². The monoisotopic (exact) mass is 291 g/mol. The lowest BCUT2D eigenvalue weighted by Crippen LogP contribution is -2.48. The van der Waals surface area contributed by atoms with Crippen molar-refractivity contribution in [3.63, 3.8) is 0 Å². The third-order valence-corrected chi connectivity index (χ3v) is 3.47. The molecule has 0 saturated carbocycles. The molecule has 1 aliphatic rings. The summed E-state index contributed by atoms with van der Waals surface area (Å²) in [5.74, 6) is -0.359. The van der Waals surface area contributed by atoms with Crippen LogP contribution < -0.4 is 0 Å². The van der Waals surface area contributed by atoms with Gasteiger partial charge in [0.2, 0.25) is 0 Å². The van der Waals surface area contributed by atoms with Gasteiger partial charge in [0.15, 0.2) is 0 Å². The van der Waals surface area contributed by atoms with Crippen LogP contribution in [-0.4, -0.2) is 48.7 Å². The summed E-state index contributed by atoms with van der Waals surface area (Å²) >= 11 is 0. The summed E-state index contributed by atoms with van der Waals surface area (Å²) in [6.07, 6.45) is -0.290. The smallest absolute Gasteiger partial charge is 0.409 e. The van der Waals surface area contributed by atoms with Gasteiger partial charge in [-0.1, -0.05) is 6.07 Å². The van der Waals surface area contributed by atoms with Crippen molar-refractivity contribution in [1.29, 1.82) is 5.26 Å². The molecule has 6 heteroatoms. The molecule has 0 aliphatic carbocycles. The Bertz CT molecular complexity index is 548. The Labute approximate surface area is 123 Å². The van der Waals surface area contributed by atoms with Crippen molar-refractivity contribution in [2.75, 3.05) is 32.8 Å². The molecule has 1 amide bonds. The molecule has 0 radical (unpaired) electrons. The van der Waals surface area contributed by atoms with Crippen molar-refractivity contribution in [2.24, 2.45) is 0 Å². The van der Waals surface area contributed by atoms with E-state index in [1.807, 2.05) is 6.07 Å². The van der Waals surface area contributed by atoms with Crippen LogP contribution in [0.25, 0.3) is 0 Å². The Hall–Kier alpha value is -2.13. The van der Waals surface area contributed by atoms with Crippen LogP contribution in [0.2, 0.25) is 0 Å². The van der Waals surface area contributed by atoms with E-state index in [0.717, 1.165) is 0 Å². The maximum atomic E-state index is 13.8. The van der Waals surface area contributed by atoms with Crippen LogP contribution >= 0.6 is 0 Å². The number of ether oxygens (including phenoxy) is 1. The number of carbonyl (C=O) groups excluding carboxylic acids is 1. The van der Waals surface area contributed by atoms with E-state index >= 15 is 0 Å². The molecule has 0 atom stereocenters. The Kier molecular flexibility index (Phi) is 5.12. The van der Waals surface area contributed by atoms with Crippen molar-refractivity contribution in [3.05, 3.63) is 35.1 Å². The van der Waals surface area contributed by atoms with Crippen molar-refractivity contribution < 1.29 is 13.9 Å². The summed E-state index contributed by atoms with van der Waals surface area (Å²) in [6.45, 7) is 5.15. The second-order valence-electron chi connectivity index (χ2n) is 4.88. The number of hydrogen-bond donors (Lipinski definition) is 0. The van der Waals surface area contributed by atoms with E-state index in [1.54, 1.807) is 24.0 Å². The highest BCUT2D eigenvalue weighted by Gasteiger charge is 2.22. The number of piperazine rings is 1. The van der Waals surface area contributed by atoms with E-state index in [-0.39, 0.29) is 11.9 Å². The average Bonchev–Trinajstić information content (AvgIpc) is 2.50. The minimum Gasteiger partial charge on any atom is -0.450 e. The molecule has 0 unspecified atom stereocenters. The zero-order valence-corrected chi connectivity index (χ0v) is 12.0. The summed E-state index contributed by atoms with van der Waals surface area (Å²) in [4.78, 5) is 15.3. The molecule has 1 heterocycles. The molecule has 1 aromatic carbocycles. The fourth-order valence-electron chi connectivity index (χ4n) is 2.29. The van der Waals surface area contributed by atoms with Gasteiger partial charge in [-0.25, -0.2) is 9.18 Å². The molecule has 0 aromatic heterocycles. The van der Waals surface area contributed by atoms with E-state index in [0.29, 0.717) is 50.5 Å². The van der Waals surface area contributed by atoms with Gasteiger partial charge in [0.1, 0.15) is 5.82 Å². The van der Waals surface area contributed by atoms with Gasteiger partial charge in [-0.2, -0.15) is 5.26 Å². The molecule has 1 aromatic rings. The number of amides is 1.